The van der Waals surface area contributed by atoms with Gasteiger partial charge in [-0.15, -0.1) is 0 Å². The summed E-state index contributed by atoms with van der Waals surface area (Å²) in [6, 6.07) is 5.89. The Morgan fingerprint density at radius 2 is 2.05 bits per heavy atom. The third kappa shape index (κ3) is 2.49. The molecule has 0 saturated carbocycles. The van der Waals surface area contributed by atoms with E-state index in [-0.39, 0.29) is 22.8 Å². The van der Waals surface area contributed by atoms with E-state index in [1.807, 2.05) is 0 Å². The summed E-state index contributed by atoms with van der Waals surface area (Å²) >= 11 is 0. The number of hydrogen-bond donors (Lipinski definition) is 1. The van der Waals surface area contributed by atoms with E-state index in [0.717, 1.165) is 12.1 Å². The van der Waals surface area contributed by atoms with Gasteiger partial charge in [-0.3, -0.25) is 10.1 Å². The highest BCUT2D eigenvalue weighted by Crippen LogP contribution is 2.27. The molecule has 7 heteroatoms. The van der Waals surface area contributed by atoms with Crippen LogP contribution < -0.4 is 5.32 Å². The monoisotopic (exact) mass is 265 g/mol. The Balaban J connectivity index is 2.64. The van der Waals surface area contributed by atoms with Crippen LogP contribution in [0.3, 0.4) is 0 Å². The molecule has 1 aromatic heterocycles. The van der Waals surface area contributed by atoms with Crippen molar-refractivity contribution in [1.29, 1.82) is 0 Å². The maximum absolute atomic E-state index is 13.7. The van der Waals surface area contributed by atoms with Gasteiger partial charge >= 0.3 is 0 Å². The second-order valence-electron chi connectivity index (χ2n) is 3.70. The van der Waals surface area contributed by atoms with Crippen molar-refractivity contribution in [3.63, 3.8) is 0 Å². The van der Waals surface area contributed by atoms with Crippen molar-refractivity contribution in [3.05, 3.63) is 52.1 Å². The number of rotatable bonds is 3. The lowest BCUT2D eigenvalue weighted by atomic mass is 10.1. The molecule has 0 radical (unpaired) electrons. The average Bonchev–Trinajstić information content (AvgIpc) is 2.41. The predicted molar refractivity (Wildman–Crippen MR) is 65.8 cm³/mol. The first-order valence-electron chi connectivity index (χ1n) is 5.31. The Bertz CT molecular complexity index is 647. The van der Waals surface area contributed by atoms with Gasteiger partial charge in [0.2, 0.25) is 0 Å². The molecular weight excluding hydrogens is 256 g/mol. The predicted octanol–water partition coefficient (Wildman–Crippen LogP) is 2.98. The summed E-state index contributed by atoms with van der Waals surface area (Å²) < 4.78 is 26.8. The number of nitrogens with one attached hydrogen (secondary N) is 1. The summed E-state index contributed by atoms with van der Waals surface area (Å²) in [7, 11) is 1.53. The third-order valence-corrected chi connectivity index (χ3v) is 2.50. The van der Waals surface area contributed by atoms with E-state index in [4.69, 9.17) is 0 Å². The van der Waals surface area contributed by atoms with Crippen LogP contribution in [0, 0.1) is 21.7 Å². The van der Waals surface area contributed by atoms with Crippen molar-refractivity contribution in [3.8, 4) is 11.3 Å². The van der Waals surface area contributed by atoms with Crippen molar-refractivity contribution in [2.24, 2.45) is 0 Å². The molecule has 0 amide bonds. The summed E-state index contributed by atoms with van der Waals surface area (Å²) in [6.45, 7) is 0. The second-order valence-corrected chi connectivity index (χ2v) is 3.70. The molecule has 1 aromatic carbocycles. The van der Waals surface area contributed by atoms with Crippen molar-refractivity contribution in [1.82, 2.24) is 4.98 Å². The van der Waals surface area contributed by atoms with Gasteiger partial charge in [0.25, 0.3) is 5.69 Å². The van der Waals surface area contributed by atoms with Gasteiger partial charge < -0.3 is 5.32 Å². The van der Waals surface area contributed by atoms with E-state index in [0.29, 0.717) is 0 Å². The Morgan fingerprint density at radius 1 is 1.32 bits per heavy atom. The maximum Gasteiger partial charge on any atom is 0.275 e. The Hall–Kier alpha value is -2.57. The molecule has 1 N–H and O–H groups in total. The standard InChI is InChI=1S/C12H9F2N3O2/c1-15-11-6-7(17(18)19)5-10(16-11)8-3-2-4-9(13)12(8)14/h2-6H,1H3,(H,15,16). The lowest BCUT2D eigenvalue weighted by Gasteiger charge is -2.06. The van der Waals surface area contributed by atoms with Gasteiger partial charge in [0, 0.05) is 18.7 Å². The molecule has 0 saturated heterocycles. The van der Waals surface area contributed by atoms with Crippen LogP contribution in [0.5, 0.6) is 0 Å². The van der Waals surface area contributed by atoms with Crippen LogP contribution in [0.15, 0.2) is 30.3 Å². The molecular formula is C12H9F2N3O2. The lowest BCUT2D eigenvalue weighted by molar-refractivity contribution is -0.384. The minimum absolute atomic E-state index is 0.00412. The van der Waals surface area contributed by atoms with Crippen LogP contribution in [0.25, 0.3) is 11.3 Å². The molecule has 1 heterocycles. The fourth-order valence-electron chi connectivity index (χ4n) is 1.59. The third-order valence-electron chi connectivity index (χ3n) is 2.50. The van der Waals surface area contributed by atoms with Gasteiger partial charge in [-0.05, 0) is 12.1 Å². The summed E-state index contributed by atoms with van der Waals surface area (Å²) in [5, 5.41) is 13.4. The Kier molecular flexibility index (Phi) is 3.37. The number of aromatic nitrogens is 1. The fraction of sp³-hybridized carbons (Fsp3) is 0.0833. The molecule has 0 unspecified atom stereocenters. The maximum atomic E-state index is 13.7. The largest absolute Gasteiger partial charge is 0.373 e. The highest BCUT2D eigenvalue weighted by Gasteiger charge is 2.16. The van der Waals surface area contributed by atoms with Crippen LogP contribution in [-0.2, 0) is 0 Å². The van der Waals surface area contributed by atoms with Gasteiger partial charge in [0.05, 0.1) is 16.7 Å². The first-order valence-corrected chi connectivity index (χ1v) is 5.31. The Morgan fingerprint density at radius 3 is 2.68 bits per heavy atom. The number of anilines is 1. The topological polar surface area (TPSA) is 68.1 Å². The minimum Gasteiger partial charge on any atom is -0.373 e. The number of hydrogen-bond acceptors (Lipinski definition) is 4. The van der Waals surface area contributed by atoms with Gasteiger partial charge in [0.15, 0.2) is 11.6 Å². The van der Waals surface area contributed by atoms with E-state index in [1.165, 1.54) is 25.2 Å². The first-order chi connectivity index (χ1) is 9.02. The number of benzene rings is 1. The highest BCUT2D eigenvalue weighted by atomic mass is 19.2. The minimum atomic E-state index is -1.09. The molecule has 19 heavy (non-hydrogen) atoms. The van der Waals surface area contributed by atoms with E-state index in [1.54, 1.807) is 0 Å². The van der Waals surface area contributed by atoms with Crippen molar-refractivity contribution < 1.29 is 13.7 Å². The van der Waals surface area contributed by atoms with Crippen LogP contribution in [0.2, 0.25) is 0 Å². The molecule has 0 spiro atoms. The summed E-state index contributed by atoms with van der Waals surface area (Å²) in [5.41, 5.74) is -0.381. The molecule has 0 aliphatic carbocycles. The highest BCUT2D eigenvalue weighted by molar-refractivity contribution is 5.65. The zero-order chi connectivity index (χ0) is 14.0. The molecule has 2 aromatic rings. The smallest absolute Gasteiger partial charge is 0.275 e. The first kappa shape index (κ1) is 12.9. The molecule has 0 aliphatic heterocycles. The van der Waals surface area contributed by atoms with E-state index in [2.05, 4.69) is 10.3 Å². The normalized spacial score (nSPS) is 10.3. The zero-order valence-electron chi connectivity index (χ0n) is 9.85. The van der Waals surface area contributed by atoms with Crippen LogP contribution in [0.1, 0.15) is 0 Å². The number of nitrogens with zero attached hydrogens (tertiary/aromatic N) is 2. The van der Waals surface area contributed by atoms with Gasteiger partial charge in [-0.2, -0.15) is 0 Å². The van der Waals surface area contributed by atoms with Crippen LogP contribution >= 0.6 is 0 Å². The fourth-order valence-corrected chi connectivity index (χ4v) is 1.59. The molecule has 0 bridgehead atoms. The van der Waals surface area contributed by atoms with Gasteiger partial charge in [-0.25, -0.2) is 13.8 Å². The lowest BCUT2D eigenvalue weighted by Crippen LogP contribution is -1.99. The second kappa shape index (κ2) is 4.97. The number of nitro groups is 1. The molecule has 2 rings (SSSR count). The molecule has 0 atom stereocenters. The van der Waals surface area contributed by atoms with E-state index < -0.39 is 16.6 Å². The van der Waals surface area contributed by atoms with Crippen LogP contribution in [-0.4, -0.2) is 17.0 Å². The SMILES string of the molecule is CNc1cc([N+](=O)[O-])cc(-c2cccc(F)c2F)n1. The Labute approximate surface area is 107 Å². The van der Waals surface area contributed by atoms with Crippen LogP contribution in [0.4, 0.5) is 20.3 Å². The zero-order valence-corrected chi connectivity index (χ0v) is 9.85. The summed E-state index contributed by atoms with van der Waals surface area (Å²) in [5.74, 6) is -1.91. The molecule has 0 fully saturated rings. The van der Waals surface area contributed by atoms with Crippen molar-refractivity contribution in [2.75, 3.05) is 12.4 Å². The van der Waals surface area contributed by atoms with Gasteiger partial charge in [0.1, 0.15) is 5.82 Å². The molecule has 0 aliphatic rings. The molecule has 5 nitrogen and oxygen atoms in total. The molecule has 98 valence electrons. The number of pyridine rings is 1. The quantitative estimate of drug-likeness (QED) is 0.684. The van der Waals surface area contributed by atoms with Crippen molar-refractivity contribution in [2.45, 2.75) is 0 Å². The van der Waals surface area contributed by atoms with E-state index in [9.17, 15) is 18.9 Å². The summed E-state index contributed by atoms with van der Waals surface area (Å²) in [6.07, 6.45) is 0. The van der Waals surface area contributed by atoms with Gasteiger partial charge in [-0.1, -0.05) is 6.07 Å². The number of halogens is 2. The van der Waals surface area contributed by atoms with E-state index >= 15 is 0 Å². The van der Waals surface area contributed by atoms with Crippen molar-refractivity contribution >= 4 is 11.5 Å². The summed E-state index contributed by atoms with van der Waals surface area (Å²) in [4.78, 5) is 14.1. The average molecular weight is 265 g/mol.